The molecule has 2 aromatic heterocycles. The Hall–Kier alpha value is -0.960. The van der Waals surface area contributed by atoms with Gasteiger partial charge in [-0.1, -0.05) is 24.4 Å². The number of rotatable bonds is 2. The van der Waals surface area contributed by atoms with Crippen molar-refractivity contribution in [2.75, 3.05) is 10.0 Å². The van der Waals surface area contributed by atoms with Gasteiger partial charge in [-0.05, 0) is 24.3 Å². The summed E-state index contributed by atoms with van der Waals surface area (Å²) in [6.45, 7) is 0. The Bertz CT molecular complexity index is 484. The lowest BCUT2D eigenvalue weighted by molar-refractivity contribution is 1.04. The molecule has 2 aromatic rings. The van der Waals surface area contributed by atoms with Gasteiger partial charge in [-0.15, -0.1) is 25.3 Å². The topological polar surface area (TPSA) is 38.1 Å². The zero-order valence-corrected chi connectivity index (χ0v) is 12.5. The lowest BCUT2D eigenvalue weighted by Gasteiger charge is -2.33. The van der Waals surface area contributed by atoms with Crippen LogP contribution < -0.4 is 10.0 Å². The van der Waals surface area contributed by atoms with Crippen molar-refractivity contribution in [2.24, 2.45) is 0 Å². The lowest BCUT2D eigenvalue weighted by Crippen LogP contribution is -2.46. The van der Waals surface area contributed by atoms with E-state index in [1.54, 1.807) is 22.4 Å². The summed E-state index contributed by atoms with van der Waals surface area (Å²) >= 11 is 18.8. The number of thiol groups is 2. The second-order valence-corrected chi connectivity index (χ2v) is 5.53. The Morgan fingerprint density at radius 2 is 1.28 bits per heavy atom. The van der Waals surface area contributed by atoms with E-state index in [4.69, 9.17) is 24.4 Å². The maximum Gasteiger partial charge on any atom is 0.159 e. The van der Waals surface area contributed by atoms with E-state index in [0.29, 0.717) is 8.64 Å². The molecule has 4 nitrogen and oxygen atoms in total. The zero-order valence-electron chi connectivity index (χ0n) is 9.07. The number of nitrogens with one attached hydrogen (secondary N) is 2. The molecular weight excluding hydrogens is 304 g/mol. The van der Waals surface area contributed by atoms with Gasteiger partial charge in [0.1, 0.15) is 11.6 Å². The average molecular weight is 314 g/mol. The van der Waals surface area contributed by atoms with E-state index in [-0.39, 0.29) is 0 Å². The van der Waals surface area contributed by atoms with Crippen molar-refractivity contribution >= 4 is 70.0 Å². The molecule has 0 saturated carbocycles. The van der Waals surface area contributed by atoms with Gasteiger partial charge in [0.15, 0.2) is 8.64 Å². The minimum Gasteiger partial charge on any atom is -0.347 e. The van der Waals surface area contributed by atoms with Crippen LogP contribution in [0.15, 0.2) is 36.7 Å². The Kier molecular flexibility index (Phi) is 4.33. The summed E-state index contributed by atoms with van der Waals surface area (Å²) in [5, 5.41) is 3.30. The van der Waals surface area contributed by atoms with Crippen LogP contribution in [0.2, 0.25) is 0 Å². The predicted octanol–water partition coefficient (Wildman–Crippen LogP) is 3.00. The number of hydrazine groups is 1. The Morgan fingerprint density at radius 1 is 0.889 bits per heavy atom. The lowest BCUT2D eigenvalue weighted by atomic mass is 10.5. The number of aromatic amines is 2. The Labute approximate surface area is 126 Å². The van der Waals surface area contributed by atoms with Gasteiger partial charge in [0.25, 0.3) is 0 Å². The van der Waals surface area contributed by atoms with E-state index in [9.17, 15) is 0 Å². The molecule has 0 saturated heterocycles. The first kappa shape index (κ1) is 13.5. The van der Waals surface area contributed by atoms with Crippen LogP contribution in [0, 0.1) is 0 Å². The second kappa shape index (κ2) is 5.79. The van der Waals surface area contributed by atoms with Crippen LogP contribution >= 0.6 is 49.7 Å². The molecule has 0 aliphatic rings. The summed E-state index contributed by atoms with van der Waals surface area (Å²) in [5.41, 5.74) is 0. The molecular formula is C10H10N4S4. The van der Waals surface area contributed by atoms with Crippen molar-refractivity contribution in [3.8, 4) is 0 Å². The normalized spacial score (nSPS) is 10.1. The van der Waals surface area contributed by atoms with Gasteiger partial charge in [0.2, 0.25) is 0 Å². The highest BCUT2D eigenvalue weighted by Gasteiger charge is 2.23. The quantitative estimate of drug-likeness (QED) is 0.391. The van der Waals surface area contributed by atoms with Crippen molar-refractivity contribution < 1.29 is 0 Å². The van der Waals surface area contributed by atoms with E-state index < -0.39 is 0 Å². The highest BCUT2D eigenvalue weighted by Crippen LogP contribution is 2.23. The molecule has 2 N–H and O–H groups in total. The minimum absolute atomic E-state index is 0.350. The molecule has 0 fully saturated rings. The van der Waals surface area contributed by atoms with Crippen molar-refractivity contribution in [1.29, 1.82) is 0 Å². The largest absolute Gasteiger partial charge is 0.347 e. The van der Waals surface area contributed by atoms with Crippen LogP contribution in [0.5, 0.6) is 0 Å². The average Bonchev–Trinajstić information content (AvgIpc) is 2.97. The van der Waals surface area contributed by atoms with E-state index >= 15 is 0 Å². The van der Waals surface area contributed by atoms with Crippen molar-refractivity contribution in [2.45, 2.75) is 0 Å². The summed E-state index contributed by atoms with van der Waals surface area (Å²) in [6, 6.07) is 7.46. The summed E-state index contributed by atoms with van der Waals surface area (Å²) < 4.78 is 0.701. The molecule has 0 amide bonds. The summed E-state index contributed by atoms with van der Waals surface area (Å²) in [7, 11) is 0. The molecule has 0 radical (unpaired) electrons. The van der Waals surface area contributed by atoms with Crippen LogP contribution in [0.4, 0.5) is 11.6 Å². The van der Waals surface area contributed by atoms with Gasteiger partial charge < -0.3 is 9.97 Å². The molecule has 0 unspecified atom stereocenters. The molecule has 0 spiro atoms. The molecule has 2 rings (SSSR count). The van der Waals surface area contributed by atoms with E-state index in [2.05, 4.69) is 35.2 Å². The standard InChI is InChI=1S/C10H10N4S4/c15-9(16)13(7-3-1-5-11-7)14(10(17)18)8-4-2-6-12-8/h1-6,11-12H,(H,15,16)(H,17,18). The Balaban J connectivity index is 2.45. The predicted molar refractivity (Wildman–Crippen MR) is 89.7 cm³/mol. The number of hydrogen-bond donors (Lipinski definition) is 4. The molecule has 0 atom stereocenters. The van der Waals surface area contributed by atoms with Gasteiger partial charge in [-0.25, -0.2) is 10.0 Å². The van der Waals surface area contributed by atoms with Crippen molar-refractivity contribution in [3.63, 3.8) is 0 Å². The maximum absolute atomic E-state index is 5.16. The summed E-state index contributed by atoms with van der Waals surface area (Å²) in [4.78, 5) is 6.11. The molecule has 0 aromatic carbocycles. The number of anilines is 2. The van der Waals surface area contributed by atoms with Crippen LogP contribution in [0.25, 0.3) is 0 Å². The number of thiocarbonyl (C=S) groups is 2. The third kappa shape index (κ3) is 2.72. The summed E-state index contributed by atoms with van der Waals surface area (Å²) in [6.07, 6.45) is 3.59. The van der Waals surface area contributed by atoms with Crippen LogP contribution in [-0.4, -0.2) is 18.6 Å². The second-order valence-electron chi connectivity index (χ2n) is 3.30. The van der Waals surface area contributed by atoms with Gasteiger partial charge in [-0.3, -0.25) is 0 Å². The number of nitrogens with zero attached hydrogens (tertiary/aromatic N) is 2. The number of hydrogen-bond acceptors (Lipinski definition) is 2. The van der Waals surface area contributed by atoms with Crippen molar-refractivity contribution in [3.05, 3.63) is 36.7 Å². The maximum atomic E-state index is 5.16. The summed E-state index contributed by atoms with van der Waals surface area (Å²) in [5.74, 6) is 1.50. The first-order valence-electron chi connectivity index (χ1n) is 4.94. The van der Waals surface area contributed by atoms with Gasteiger partial charge >= 0.3 is 0 Å². The van der Waals surface area contributed by atoms with E-state index in [1.165, 1.54) is 0 Å². The fraction of sp³-hybridized carbons (Fsp3) is 0. The van der Waals surface area contributed by atoms with Crippen LogP contribution in [0.3, 0.4) is 0 Å². The molecule has 8 heteroatoms. The molecule has 2 heterocycles. The third-order valence-corrected chi connectivity index (χ3v) is 2.91. The monoisotopic (exact) mass is 314 g/mol. The van der Waals surface area contributed by atoms with Gasteiger partial charge in [0.05, 0.1) is 0 Å². The van der Waals surface area contributed by atoms with E-state index in [0.717, 1.165) is 11.6 Å². The van der Waals surface area contributed by atoms with Gasteiger partial charge in [-0.2, -0.15) is 0 Å². The first-order chi connectivity index (χ1) is 8.61. The van der Waals surface area contributed by atoms with E-state index in [1.807, 2.05) is 24.3 Å². The molecule has 18 heavy (non-hydrogen) atoms. The zero-order chi connectivity index (χ0) is 13.1. The highest BCUT2D eigenvalue weighted by atomic mass is 32.1. The number of aromatic nitrogens is 2. The van der Waals surface area contributed by atoms with Gasteiger partial charge in [0, 0.05) is 12.4 Å². The van der Waals surface area contributed by atoms with Crippen molar-refractivity contribution in [1.82, 2.24) is 9.97 Å². The molecule has 0 bridgehead atoms. The van der Waals surface area contributed by atoms with Crippen LogP contribution in [0.1, 0.15) is 0 Å². The fourth-order valence-electron chi connectivity index (χ4n) is 1.50. The van der Waals surface area contributed by atoms with Crippen LogP contribution in [-0.2, 0) is 0 Å². The first-order valence-corrected chi connectivity index (χ1v) is 6.65. The Morgan fingerprint density at radius 3 is 1.50 bits per heavy atom. The molecule has 0 aliphatic heterocycles. The third-order valence-electron chi connectivity index (χ3n) is 2.18. The molecule has 0 aliphatic carbocycles. The molecule has 94 valence electrons. The fourth-order valence-corrected chi connectivity index (χ4v) is 2.25. The number of H-pyrrole nitrogens is 2. The minimum atomic E-state index is 0.350. The highest BCUT2D eigenvalue weighted by molar-refractivity contribution is 8.12. The smallest absolute Gasteiger partial charge is 0.159 e. The SMILES string of the molecule is S=C(S)N(c1ccc[nH]1)N(C(=S)S)c1ccc[nH]1.